The zero-order valence-electron chi connectivity index (χ0n) is 21.1. The lowest BCUT2D eigenvalue weighted by Gasteiger charge is -2.09. The number of halogens is 3. The molecule has 0 bridgehead atoms. The molecule has 0 aliphatic heterocycles. The first-order valence-corrected chi connectivity index (χ1v) is 12.7. The van der Waals surface area contributed by atoms with Gasteiger partial charge in [0, 0.05) is 6.54 Å². The van der Waals surface area contributed by atoms with Crippen molar-refractivity contribution in [2.24, 2.45) is 0 Å². The van der Waals surface area contributed by atoms with E-state index in [-0.39, 0.29) is 6.42 Å². The first-order valence-electron chi connectivity index (χ1n) is 12.7. The zero-order valence-corrected chi connectivity index (χ0v) is 21.1. The van der Waals surface area contributed by atoms with Crippen LogP contribution in [0, 0.1) is 0 Å². The summed E-state index contributed by atoms with van der Waals surface area (Å²) in [7, 11) is 0. The number of aliphatic carboxylic acids is 2. The Labute approximate surface area is 216 Å². The highest BCUT2D eigenvalue weighted by atomic mass is 19.4. The van der Waals surface area contributed by atoms with E-state index in [0.717, 1.165) is 31.7 Å². The summed E-state index contributed by atoms with van der Waals surface area (Å²) in [5.41, 5.74) is 2.67. The van der Waals surface area contributed by atoms with E-state index in [2.05, 4.69) is 47.8 Å². The molecule has 0 saturated carbocycles. The second-order valence-corrected chi connectivity index (χ2v) is 8.65. The number of carboxylic acid groups (broad SMARTS) is 2. The maximum atomic E-state index is 10.6. The van der Waals surface area contributed by atoms with Crippen molar-refractivity contribution in [3.8, 4) is 5.75 Å². The third-order valence-electron chi connectivity index (χ3n) is 5.47. The first kappa shape index (κ1) is 32.0. The molecule has 0 radical (unpaired) electrons. The molecule has 2 aromatic carbocycles. The van der Waals surface area contributed by atoms with Gasteiger partial charge in [0.05, 0.1) is 13.0 Å². The van der Waals surface area contributed by atoms with Crippen molar-refractivity contribution < 1.29 is 37.7 Å². The zero-order chi connectivity index (χ0) is 27.4. The van der Waals surface area contributed by atoms with Gasteiger partial charge in [0.1, 0.15) is 5.75 Å². The Bertz CT molecular complexity index is 891. The van der Waals surface area contributed by atoms with Crippen molar-refractivity contribution in [1.29, 1.82) is 0 Å². The molecule has 0 saturated heterocycles. The minimum Gasteiger partial charge on any atom is -0.494 e. The van der Waals surface area contributed by atoms with Crippen LogP contribution in [0.25, 0.3) is 0 Å². The van der Waals surface area contributed by atoms with Gasteiger partial charge in [0.15, 0.2) is 0 Å². The molecule has 2 aromatic rings. The van der Waals surface area contributed by atoms with Gasteiger partial charge < -0.3 is 20.3 Å². The molecular formula is C28H38F3NO5. The Kier molecular flexibility index (Phi) is 16.5. The summed E-state index contributed by atoms with van der Waals surface area (Å²) in [6.07, 6.45) is 6.04. The second-order valence-electron chi connectivity index (χ2n) is 8.65. The van der Waals surface area contributed by atoms with E-state index in [1.165, 1.54) is 56.1 Å². The third-order valence-corrected chi connectivity index (χ3v) is 5.47. The van der Waals surface area contributed by atoms with Crippen molar-refractivity contribution in [2.75, 3.05) is 19.7 Å². The van der Waals surface area contributed by atoms with Gasteiger partial charge in [-0.1, -0.05) is 74.6 Å². The number of ether oxygens (including phenoxy) is 1. The minimum atomic E-state index is -5.08. The molecule has 0 aromatic heterocycles. The van der Waals surface area contributed by atoms with Crippen molar-refractivity contribution in [3.05, 3.63) is 65.7 Å². The predicted octanol–water partition coefficient (Wildman–Crippen LogP) is 6.28. The predicted molar refractivity (Wildman–Crippen MR) is 137 cm³/mol. The van der Waals surface area contributed by atoms with Crippen LogP contribution in [0.5, 0.6) is 5.75 Å². The number of alkyl halides is 3. The normalized spacial score (nSPS) is 10.9. The van der Waals surface area contributed by atoms with E-state index in [1.54, 1.807) is 0 Å². The lowest BCUT2D eigenvalue weighted by Crippen LogP contribution is -2.21. The lowest BCUT2D eigenvalue weighted by molar-refractivity contribution is -0.192. The molecule has 0 aliphatic rings. The van der Waals surface area contributed by atoms with Crippen molar-refractivity contribution in [3.63, 3.8) is 0 Å². The van der Waals surface area contributed by atoms with Gasteiger partial charge in [-0.3, -0.25) is 4.79 Å². The first-order chi connectivity index (χ1) is 17.7. The van der Waals surface area contributed by atoms with Crippen LogP contribution < -0.4 is 10.1 Å². The number of aryl methyl sites for hydroxylation is 1. The molecule has 0 fully saturated rings. The molecule has 0 heterocycles. The summed E-state index contributed by atoms with van der Waals surface area (Å²) >= 11 is 0. The van der Waals surface area contributed by atoms with Crippen LogP contribution >= 0.6 is 0 Å². The number of hydrogen-bond acceptors (Lipinski definition) is 4. The highest BCUT2D eigenvalue weighted by molar-refractivity contribution is 5.73. The van der Waals surface area contributed by atoms with E-state index in [4.69, 9.17) is 19.7 Å². The Balaban J connectivity index is 0.000000856. The summed E-state index contributed by atoms with van der Waals surface area (Å²) in [5, 5.41) is 18.9. The SMILES string of the molecule is O=C(O)C(F)(F)F.O=C(O)CCNCCc1cccc(OCCCCCCCCCc2ccccc2)c1. The Morgan fingerprint density at radius 1 is 0.757 bits per heavy atom. The van der Waals surface area contributed by atoms with Crippen LogP contribution in [0.3, 0.4) is 0 Å². The highest BCUT2D eigenvalue weighted by Gasteiger charge is 2.38. The molecule has 9 heteroatoms. The van der Waals surface area contributed by atoms with Crippen LogP contribution in [-0.4, -0.2) is 48.0 Å². The van der Waals surface area contributed by atoms with Crippen LogP contribution in [0.4, 0.5) is 13.2 Å². The summed E-state index contributed by atoms with van der Waals surface area (Å²) in [6, 6.07) is 19.0. The fourth-order valence-electron chi connectivity index (χ4n) is 3.49. The smallest absolute Gasteiger partial charge is 0.490 e. The maximum absolute atomic E-state index is 10.6. The standard InChI is InChI=1S/C26H37NO3.C2HF3O2/c28-26(29)18-20-27-19-17-24-15-11-16-25(22-24)30-21-10-5-3-1-2-4-7-12-23-13-8-6-9-14-23;3-2(4,5)1(6)7/h6,8-9,11,13-16,22,27H,1-5,7,10,12,17-21H2,(H,28,29);(H,6,7). The molecule has 0 unspecified atom stereocenters. The van der Waals surface area contributed by atoms with Gasteiger partial charge in [0.2, 0.25) is 0 Å². The van der Waals surface area contributed by atoms with E-state index in [9.17, 15) is 18.0 Å². The van der Waals surface area contributed by atoms with E-state index >= 15 is 0 Å². The molecule has 3 N–H and O–H groups in total. The molecule has 0 aliphatic carbocycles. The van der Waals surface area contributed by atoms with Crippen LogP contribution in [0.1, 0.15) is 62.5 Å². The molecule has 0 spiro atoms. The van der Waals surface area contributed by atoms with E-state index in [0.29, 0.717) is 6.54 Å². The Hall–Kier alpha value is -3.07. The average Bonchev–Trinajstić information content (AvgIpc) is 2.85. The molecular weight excluding hydrogens is 487 g/mol. The topological polar surface area (TPSA) is 95.9 Å². The molecule has 37 heavy (non-hydrogen) atoms. The molecule has 6 nitrogen and oxygen atoms in total. The van der Waals surface area contributed by atoms with Crippen LogP contribution in [0.15, 0.2) is 54.6 Å². The average molecular weight is 526 g/mol. The number of carbonyl (C=O) groups is 2. The summed E-state index contributed by atoms with van der Waals surface area (Å²) in [4.78, 5) is 19.4. The molecule has 0 amide bonds. The Morgan fingerprint density at radius 2 is 1.35 bits per heavy atom. The molecule has 206 valence electrons. The highest BCUT2D eigenvalue weighted by Crippen LogP contribution is 2.15. The quantitative estimate of drug-likeness (QED) is 0.211. The monoisotopic (exact) mass is 525 g/mol. The van der Waals surface area contributed by atoms with Gasteiger partial charge in [-0.05, 0) is 55.5 Å². The lowest BCUT2D eigenvalue weighted by atomic mass is 10.0. The Morgan fingerprint density at radius 3 is 1.97 bits per heavy atom. The summed E-state index contributed by atoms with van der Waals surface area (Å²) in [6.45, 7) is 2.06. The largest absolute Gasteiger partial charge is 0.494 e. The number of hydrogen-bond donors (Lipinski definition) is 3. The fraction of sp³-hybridized carbons (Fsp3) is 0.500. The van der Waals surface area contributed by atoms with Gasteiger partial charge >= 0.3 is 18.1 Å². The molecule has 2 rings (SSSR count). The number of unbranched alkanes of at least 4 members (excludes halogenated alkanes) is 6. The molecule has 0 atom stereocenters. The summed E-state index contributed by atoms with van der Waals surface area (Å²) in [5.74, 6) is -2.59. The number of nitrogens with one attached hydrogen (secondary N) is 1. The maximum Gasteiger partial charge on any atom is 0.490 e. The van der Waals surface area contributed by atoms with Crippen LogP contribution in [0.2, 0.25) is 0 Å². The van der Waals surface area contributed by atoms with E-state index < -0.39 is 18.1 Å². The second kappa shape index (κ2) is 19.1. The van der Waals surface area contributed by atoms with Crippen LogP contribution in [-0.2, 0) is 22.4 Å². The van der Waals surface area contributed by atoms with Gasteiger partial charge in [-0.25, -0.2) is 4.79 Å². The van der Waals surface area contributed by atoms with Crippen molar-refractivity contribution in [2.45, 2.75) is 70.4 Å². The van der Waals surface area contributed by atoms with Crippen molar-refractivity contribution in [1.82, 2.24) is 5.32 Å². The number of rotatable bonds is 17. The number of benzene rings is 2. The fourth-order valence-corrected chi connectivity index (χ4v) is 3.49. The number of carboxylic acids is 2. The minimum absolute atomic E-state index is 0.164. The van der Waals surface area contributed by atoms with Gasteiger partial charge in [0.25, 0.3) is 0 Å². The third kappa shape index (κ3) is 17.9. The van der Waals surface area contributed by atoms with Gasteiger partial charge in [-0.15, -0.1) is 0 Å². The van der Waals surface area contributed by atoms with E-state index in [1.807, 2.05) is 12.1 Å². The van der Waals surface area contributed by atoms with Gasteiger partial charge in [-0.2, -0.15) is 13.2 Å². The van der Waals surface area contributed by atoms with Crippen molar-refractivity contribution >= 4 is 11.9 Å². The summed E-state index contributed by atoms with van der Waals surface area (Å²) < 4.78 is 37.6.